The molecular weight excluding hydrogens is 356 g/mol. The minimum Gasteiger partial charge on any atom is -0.346 e. The van der Waals surface area contributed by atoms with Crippen LogP contribution in [0.25, 0.3) is 0 Å². The summed E-state index contributed by atoms with van der Waals surface area (Å²) in [6.07, 6.45) is 0. The molecule has 0 bridgehead atoms. The molecule has 136 valence electrons. The zero-order valence-corrected chi connectivity index (χ0v) is 15.4. The summed E-state index contributed by atoms with van der Waals surface area (Å²) in [7, 11) is -3.69. The highest BCUT2D eigenvalue weighted by Crippen LogP contribution is 2.17. The van der Waals surface area contributed by atoms with Crippen molar-refractivity contribution in [2.45, 2.75) is 31.2 Å². The molecule has 1 aromatic rings. The van der Waals surface area contributed by atoms with E-state index in [1.807, 2.05) is 0 Å². The van der Waals surface area contributed by atoms with E-state index in [1.54, 1.807) is 26.8 Å². The van der Waals surface area contributed by atoms with E-state index in [0.717, 1.165) is 0 Å². The molecule has 0 heterocycles. The Hall–Kier alpha value is -1.68. The number of rotatable bonds is 6. The summed E-state index contributed by atoms with van der Waals surface area (Å²) in [4.78, 5) is 22.7. The van der Waals surface area contributed by atoms with Crippen molar-refractivity contribution in [2.24, 2.45) is 5.73 Å². The number of hydrogen-bond acceptors (Lipinski definition) is 5. The Morgan fingerprint density at radius 2 is 1.79 bits per heavy atom. The van der Waals surface area contributed by atoms with E-state index in [2.05, 4.69) is 15.4 Å². The highest BCUT2D eigenvalue weighted by molar-refractivity contribution is 7.89. The van der Waals surface area contributed by atoms with Crippen molar-refractivity contribution < 1.29 is 18.0 Å². The number of sulfonamides is 1. The maximum Gasteiger partial charge on any atom is 0.243 e. The second-order valence-corrected chi connectivity index (χ2v) is 7.59. The molecule has 0 spiro atoms. The molecule has 0 saturated heterocycles. The number of nitrogens with two attached hydrogens (primary N) is 1. The molecule has 0 saturated carbocycles. The maximum atomic E-state index is 12.2. The molecule has 10 heteroatoms. The van der Waals surface area contributed by atoms with Gasteiger partial charge in [0.2, 0.25) is 21.8 Å². The first-order valence-electron chi connectivity index (χ1n) is 6.94. The second-order valence-electron chi connectivity index (χ2n) is 5.91. The van der Waals surface area contributed by atoms with Crippen LogP contribution in [0.2, 0.25) is 0 Å². The van der Waals surface area contributed by atoms with Gasteiger partial charge in [0.1, 0.15) is 0 Å². The fourth-order valence-electron chi connectivity index (χ4n) is 1.66. The van der Waals surface area contributed by atoms with E-state index in [4.69, 9.17) is 5.73 Å². The van der Waals surface area contributed by atoms with Crippen LogP contribution in [0, 0.1) is 0 Å². The van der Waals surface area contributed by atoms with Crippen LogP contribution in [0.1, 0.15) is 20.8 Å². The van der Waals surface area contributed by atoms with Crippen molar-refractivity contribution in [1.82, 2.24) is 10.0 Å². The summed E-state index contributed by atoms with van der Waals surface area (Å²) in [5, 5.41) is 4.83. The molecule has 0 aliphatic rings. The highest BCUT2D eigenvalue weighted by Gasteiger charge is 2.22. The van der Waals surface area contributed by atoms with E-state index in [9.17, 15) is 18.0 Å². The molecule has 1 aromatic carbocycles. The van der Waals surface area contributed by atoms with Gasteiger partial charge in [0, 0.05) is 11.2 Å². The molecule has 0 atom stereocenters. The minimum absolute atomic E-state index is 0. The molecular formula is C14H23ClN4O4S. The van der Waals surface area contributed by atoms with Crippen molar-refractivity contribution in [2.75, 3.05) is 18.4 Å². The maximum absolute atomic E-state index is 12.2. The van der Waals surface area contributed by atoms with Gasteiger partial charge in [-0.1, -0.05) is 6.07 Å². The van der Waals surface area contributed by atoms with Gasteiger partial charge in [0.25, 0.3) is 0 Å². The van der Waals surface area contributed by atoms with Gasteiger partial charge in [0.15, 0.2) is 0 Å². The van der Waals surface area contributed by atoms with E-state index in [0.29, 0.717) is 5.69 Å². The van der Waals surface area contributed by atoms with Crippen molar-refractivity contribution >= 4 is 39.9 Å². The number of amides is 2. The summed E-state index contributed by atoms with van der Waals surface area (Å²) in [6, 6.07) is 5.85. The molecule has 8 nitrogen and oxygen atoms in total. The van der Waals surface area contributed by atoms with Crippen LogP contribution in [-0.4, -0.2) is 38.9 Å². The Kier molecular flexibility index (Phi) is 8.35. The lowest BCUT2D eigenvalue weighted by atomic mass is 10.1. The Morgan fingerprint density at radius 1 is 1.17 bits per heavy atom. The van der Waals surface area contributed by atoms with E-state index in [-0.39, 0.29) is 30.4 Å². The first-order chi connectivity index (χ1) is 10.5. The van der Waals surface area contributed by atoms with Crippen LogP contribution in [0.15, 0.2) is 29.2 Å². The number of hydrogen-bond donors (Lipinski definition) is 4. The largest absolute Gasteiger partial charge is 0.346 e. The third kappa shape index (κ3) is 7.73. The molecule has 24 heavy (non-hydrogen) atoms. The van der Waals surface area contributed by atoms with E-state index in [1.165, 1.54) is 18.2 Å². The number of halogens is 1. The number of nitrogens with one attached hydrogen (secondary N) is 3. The highest BCUT2D eigenvalue weighted by atomic mass is 35.5. The number of anilines is 1. The predicted octanol–water partition coefficient (Wildman–Crippen LogP) is 0.199. The molecule has 0 aromatic heterocycles. The van der Waals surface area contributed by atoms with Crippen molar-refractivity contribution in [3.05, 3.63) is 24.3 Å². The normalized spacial score (nSPS) is 11.3. The van der Waals surface area contributed by atoms with Crippen LogP contribution in [0.5, 0.6) is 0 Å². The van der Waals surface area contributed by atoms with Crippen LogP contribution < -0.4 is 21.1 Å². The van der Waals surface area contributed by atoms with Gasteiger partial charge in [-0.05, 0) is 39.0 Å². The smallest absolute Gasteiger partial charge is 0.243 e. The van der Waals surface area contributed by atoms with Crippen LogP contribution >= 0.6 is 12.4 Å². The summed E-state index contributed by atoms with van der Waals surface area (Å²) >= 11 is 0. The van der Waals surface area contributed by atoms with Crippen LogP contribution in [0.4, 0.5) is 5.69 Å². The van der Waals surface area contributed by atoms with Gasteiger partial charge in [-0.3, -0.25) is 9.59 Å². The van der Waals surface area contributed by atoms with Crippen LogP contribution in [0.3, 0.4) is 0 Å². The monoisotopic (exact) mass is 378 g/mol. The molecule has 5 N–H and O–H groups in total. The van der Waals surface area contributed by atoms with Crippen molar-refractivity contribution in [3.8, 4) is 0 Å². The lowest BCUT2D eigenvalue weighted by Crippen LogP contribution is -2.40. The zero-order chi connectivity index (χ0) is 17.7. The number of carbonyl (C=O) groups excluding carboxylic acids is 2. The summed E-state index contributed by atoms with van der Waals surface area (Å²) in [6.45, 7) is 4.75. The van der Waals surface area contributed by atoms with Gasteiger partial charge in [-0.2, -0.15) is 0 Å². The third-order valence-corrected chi connectivity index (χ3v) is 4.26. The predicted molar refractivity (Wildman–Crippen MR) is 94.5 cm³/mol. The molecule has 1 rings (SSSR count). The average molecular weight is 379 g/mol. The molecule has 0 unspecified atom stereocenters. The Labute approximate surface area is 148 Å². The quantitative estimate of drug-likeness (QED) is 0.561. The zero-order valence-electron chi connectivity index (χ0n) is 13.8. The standard InChI is InChI=1S/C14H22N4O4S.ClH/c1-14(2,3)18-23(21,22)11-6-4-5-10(7-11)17-13(20)9-16-12(19)8-15;/h4-7,18H,8-9,15H2,1-3H3,(H,16,19)(H,17,20);1H. The summed E-state index contributed by atoms with van der Waals surface area (Å²) in [5.74, 6) is -0.934. The lowest BCUT2D eigenvalue weighted by molar-refractivity contribution is -0.123. The number of carbonyl (C=O) groups is 2. The topological polar surface area (TPSA) is 130 Å². The van der Waals surface area contributed by atoms with Gasteiger partial charge >= 0.3 is 0 Å². The fourth-order valence-corrected chi connectivity index (χ4v) is 3.12. The lowest BCUT2D eigenvalue weighted by Gasteiger charge is -2.20. The molecule has 0 aliphatic carbocycles. The molecule has 0 aliphatic heterocycles. The molecule has 0 radical (unpaired) electrons. The van der Waals surface area contributed by atoms with Gasteiger partial charge in [0.05, 0.1) is 18.0 Å². The number of benzene rings is 1. The van der Waals surface area contributed by atoms with Gasteiger partial charge < -0.3 is 16.4 Å². The SMILES string of the molecule is CC(C)(C)NS(=O)(=O)c1cccc(NC(=O)CNC(=O)CN)c1.Cl. The third-order valence-electron chi connectivity index (χ3n) is 2.50. The van der Waals surface area contributed by atoms with Crippen LogP contribution in [-0.2, 0) is 19.6 Å². The van der Waals surface area contributed by atoms with Crippen molar-refractivity contribution in [3.63, 3.8) is 0 Å². The minimum atomic E-state index is -3.69. The second kappa shape index (κ2) is 8.97. The average Bonchev–Trinajstić information content (AvgIpc) is 2.42. The first-order valence-corrected chi connectivity index (χ1v) is 8.42. The van der Waals surface area contributed by atoms with E-state index < -0.39 is 27.4 Å². The first kappa shape index (κ1) is 22.3. The Morgan fingerprint density at radius 3 is 2.33 bits per heavy atom. The molecule has 2 amide bonds. The summed E-state index contributed by atoms with van der Waals surface area (Å²) in [5.41, 5.74) is 4.80. The van der Waals surface area contributed by atoms with Crippen molar-refractivity contribution in [1.29, 1.82) is 0 Å². The van der Waals surface area contributed by atoms with E-state index >= 15 is 0 Å². The molecule has 0 fully saturated rings. The Bertz CT molecular complexity index is 686. The van der Waals surface area contributed by atoms with Gasteiger partial charge in [-0.15, -0.1) is 12.4 Å². The fraction of sp³-hybridized carbons (Fsp3) is 0.429. The summed E-state index contributed by atoms with van der Waals surface area (Å²) < 4.78 is 27.0. The van der Waals surface area contributed by atoms with Gasteiger partial charge in [-0.25, -0.2) is 13.1 Å². The Balaban J connectivity index is 0.00000529.